The molecule has 78 valence electrons. The second-order valence-electron chi connectivity index (χ2n) is 3.01. The fourth-order valence-electron chi connectivity index (χ4n) is 1.30. The van der Waals surface area contributed by atoms with Gasteiger partial charge in [0, 0.05) is 0 Å². The molecule has 0 atom stereocenters. The summed E-state index contributed by atoms with van der Waals surface area (Å²) in [6, 6.07) is 3.34. The van der Waals surface area contributed by atoms with Gasteiger partial charge in [0.25, 0.3) is 0 Å². The summed E-state index contributed by atoms with van der Waals surface area (Å²) in [5, 5.41) is 0. The standard InChI is InChI=1S/C11H10O4/c1-13-11(12)10-3-2-9(15-10)8-4-6-14-7-5-8/h2-8H,1H3. The van der Waals surface area contributed by atoms with Crippen molar-refractivity contribution in [2.24, 2.45) is 0 Å². The third-order valence-corrected chi connectivity index (χ3v) is 2.07. The van der Waals surface area contributed by atoms with Crippen LogP contribution in [0.1, 0.15) is 22.2 Å². The van der Waals surface area contributed by atoms with Gasteiger partial charge < -0.3 is 13.9 Å². The number of carbonyl (C=O) groups excluding carboxylic acids is 1. The Labute approximate surface area is 86.8 Å². The van der Waals surface area contributed by atoms with Crippen LogP contribution in [0.3, 0.4) is 0 Å². The Kier molecular flexibility index (Phi) is 2.58. The van der Waals surface area contributed by atoms with Crippen LogP contribution in [-0.4, -0.2) is 13.1 Å². The molecule has 0 fully saturated rings. The van der Waals surface area contributed by atoms with Gasteiger partial charge in [0.2, 0.25) is 5.76 Å². The van der Waals surface area contributed by atoms with Gasteiger partial charge in [0.15, 0.2) is 0 Å². The molecule has 1 aromatic rings. The molecule has 0 radical (unpaired) electrons. The Bertz CT molecular complexity index is 402. The molecule has 1 aromatic heterocycles. The zero-order chi connectivity index (χ0) is 10.7. The van der Waals surface area contributed by atoms with E-state index in [1.54, 1.807) is 24.7 Å². The van der Waals surface area contributed by atoms with Gasteiger partial charge in [0.05, 0.1) is 25.6 Å². The van der Waals surface area contributed by atoms with Crippen LogP contribution in [0.5, 0.6) is 0 Å². The molecule has 0 aromatic carbocycles. The molecule has 0 unspecified atom stereocenters. The lowest BCUT2D eigenvalue weighted by atomic mass is 10.1. The first-order valence-electron chi connectivity index (χ1n) is 4.48. The number of ether oxygens (including phenoxy) is 2. The van der Waals surface area contributed by atoms with Gasteiger partial charge in [-0.1, -0.05) is 0 Å². The number of furan rings is 1. The predicted molar refractivity (Wildman–Crippen MR) is 52.2 cm³/mol. The Morgan fingerprint density at radius 3 is 2.73 bits per heavy atom. The van der Waals surface area contributed by atoms with Gasteiger partial charge >= 0.3 is 5.97 Å². The van der Waals surface area contributed by atoms with Crippen molar-refractivity contribution < 1.29 is 18.7 Å². The van der Waals surface area contributed by atoms with E-state index in [-0.39, 0.29) is 11.7 Å². The number of rotatable bonds is 2. The summed E-state index contributed by atoms with van der Waals surface area (Å²) < 4.78 is 14.8. The first kappa shape index (κ1) is 9.58. The number of methoxy groups -OCH3 is 1. The van der Waals surface area contributed by atoms with Crippen molar-refractivity contribution in [3.05, 3.63) is 48.3 Å². The maximum absolute atomic E-state index is 11.1. The fourth-order valence-corrected chi connectivity index (χ4v) is 1.30. The van der Waals surface area contributed by atoms with Crippen LogP contribution in [0.15, 0.2) is 41.2 Å². The van der Waals surface area contributed by atoms with Crippen molar-refractivity contribution in [2.45, 2.75) is 5.92 Å². The quantitative estimate of drug-likeness (QED) is 0.696. The van der Waals surface area contributed by atoms with E-state index in [4.69, 9.17) is 9.15 Å². The Morgan fingerprint density at radius 1 is 1.33 bits per heavy atom. The molecule has 0 saturated heterocycles. The molecular weight excluding hydrogens is 196 g/mol. The van der Waals surface area contributed by atoms with E-state index in [1.807, 2.05) is 12.2 Å². The summed E-state index contributed by atoms with van der Waals surface area (Å²) in [7, 11) is 1.32. The minimum absolute atomic E-state index is 0.0113. The molecule has 15 heavy (non-hydrogen) atoms. The van der Waals surface area contributed by atoms with Crippen molar-refractivity contribution in [2.75, 3.05) is 7.11 Å². The molecule has 0 spiro atoms. The second kappa shape index (κ2) is 4.04. The third-order valence-electron chi connectivity index (χ3n) is 2.07. The molecular formula is C11H10O4. The zero-order valence-electron chi connectivity index (χ0n) is 8.17. The van der Waals surface area contributed by atoms with E-state index in [1.165, 1.54) is 7.11 Å². The van der Waals surface area contributed by atoms with Gasteiger partial charge in [-0.3, -0.25) is 0 Å². The summed E-state index contributed by atoms with van der Waals surface area (Å²) in [4.78, 5) is 11.1. The monoisotopic (exact) mass is 206 g/mol. The summed E-state index contributed by atoms with van der Waals surface area (Å²) in [5.74, 6) is 0.436. The van der Waals surface area contributed by atoms with E-state index in [0.29, 0.717) is 5.76 Å². The highest BCUT2D eigenvalue weighted by Crippen LogP contribution is 2.23. The van der Waals surface area contributed by atoms with Crippen molar-refractivity contribution in [1.29, 1.82) is 0 Å². The molecule has 0 N–H and O–H groups in total. The van der Waals surface area contributed by atoms with Crippen LogP contribution in [0.2, 0.25) is 0 Å². The topological polar surface area (TPSA) is 48.7 Å². The average Bonchev–Trinajstić information content (AvgIpc) is 2.78. The van der Waals surface area contributed by atoms with Crippen LogP contribution in [0, 0.1) is 0 Å². The predicted octanol–water partition coefficient (Wildman–Crippen LogP) is 2.21. The lowest BCUT2D eigenvalue weighted by molar-refractivity contribution is 0.0563. The average molecular weight is 206 g/mol. The van der Waals surface area contributed by atoms with Gasteiger partial charge in [-0.25, -0.2) is 4.79 Å². The Morgan fingerprint density at radius 2 is 2.07 bits per heavy atom. The molecule has 2 rings (SSSR count). The van der Waals surface area contributed by atoms with Gasteiger partial charge in [0.1, 0.15) is 5.76 Å². The Balaban J connectivity index is 2.19. The zero-order valence-corrected chi connectivity index (χ0v) is 8.17. The van der Waals surface area contributed by atoms with E-state index in [9.17, 15) is 4.79 Å². The molecule has 0 saturated carbocycles. The highest BCUT2D eigenvalue weighted by Gasteiger charge is 2.15. The summed E-state index contributed by atoms with van der Waals surface area (Å²) in [5.41, 5.74) is 0. The number of carbonyl (C=O) groups is 1. The smallest absolute Gasteiger partial charge is 0.373 e. The minimum Gasteiger partial charge on any atom is -0.473 e. The van der Waals surface area contributed by atoms with Crippen LogP contribution in [0.4, 0.5) is 0 Å². The lowest BCUT2D eigenvalue weighted by Gasteiger charge is -2.07. The van der Waals surface area contributed by atoms with E-state index in [0.717, 1.165) is 0 Å². The van der Waals surface area contributed by atoms with Crippen molar-refractivity contribution in [3.8, 4) is 0 Å². The molecule has 0 aliphatic carbocycles. The van der Waals surface area contributed by atoms with E-state index in [2.05, 4.69) is 4.74 Å². The molecule has 1 aliphatic rings. The molecule has 2 heterocycles. The molecule has 4 nitrogen and oxygen atoms in total. The van der Waals surface area contributed by atoms with Crippen molar-refractivity contribution in [3.63, 3.8) is 0 Å². The maximum Gasteiger partial charge on any atom is 0.373 e. The SMILES string of the molecule is COC(=O)c1ccc(C2C=COC=C2)o1. The normalized spacial score (nSPS) is 15.0. The number of hydrogen-bond donors (Lipinski definition) is 0. The first-order valence-corrected chi connectivity index (χ1v) is 4.48. The second-order valence-corrected chi connectivity index (χ2v) is 3.01. The third kappa shape index (κ3) is 1.93. The van der Waals surface area contributed by atoms with E-state index >= 15 is 0 Å². The van der Waals surface area contributed by atoms with Crippen molar-refractivity contribution in [1.82, 2.24) is 0 Å². The highest BCUT2D eigenvalue weighted by molar-refractivity contribution is 5.86. The van der Waals surface area contributed by atoms with Crippen LogP contribution in [-0.2, 0) is 9.47 Å². The molecule has 0 amide bonds. The lowest BCUT2D eigenvalue weighted by Crippen LogP contribution is -1.99. The fraction of sp³-hybridized carbons (Fsp3) is 0.182. The molecule has 1 aliphatic heterocycles. The largest absolute Gasteiger partial charge is 0.473 e. The van der Waals surface area contributed by atoms with Crippen LogP contribution >= 0.6 is 0 Å². The minimum atomic E-state index is -0.471. The number of esters is 1. The number of hydrogen-bond acceptors (Lipinski definition) is 4. The first-order chi connectivity index (χ1) is 7.31. The summed E-state index contributed by atoms with van der Waals surface area (Å²) in [6.07, 6.45) is 6.82. The molecule has 0 bridgehead atoms. The van der Waals surface area contributed by atoms with Crippen LogP contribution < -0.4 is 0 Å². The summed E-state index contributed by atoms with van der Waals surface area (Å²) in [6.45, 7) is 0. The molecule has 4 heteroatoms. The summed E-state index contributed by atoms with van der Waals surface area (Å²) >= 11 is 0. The highest BCUT2D eigenvalue weighted by atomic mass is 16.5. The van der Waals surface area contributed by atoms with E-state index < -0.39 is 5.97 Å². The maximum atomic E-state index is 11.1. The Hall–Kier alpha value is -1.97. The van der Waals surface area contributed by atoms with Gasteiger partial charge in [-0.05, 0) is 24.3 Å². The van der Waals surface area contributed by atoms with Crippen molar-refractivity contribution >= 4 is 5.97 Å². The van der Waals surface area contributed by atoms with Gasteiger partial charge in [-0.2, -0.15) is 0 Å². The number of allylic oxidation sites excluding steroid dienone is 2. The van der Waals surface area contributed by atoms with Crippen LogP contribution in [0.25, 0.3) is 0 Å². The van der Waals surface area contributed by atoms with Gasteiger partial charge in [-0.15, -0.1) is 0 Å².